The Labute approximate surface area is 113 Å². The molecule has 96 valence electrons. The van der Waals surface area contributed by atoms with Crippen molar-refractivity contribution < 1.29 is 4.57 Å². The summed E-state index contributed by atoms with van der Waals surface area (Å²) in [5, 5.41) is 0. The van der Waals surface area contributed by atoms with Crippen molar-refractivity contribution in [3.8, 4) is 11.4 Å². The summed E-state index contributed by atoms with van der Waals surface area (Å²) in [7, 11) is 0. The van der Waals surface area contributed by atoms with Gasteiger partial charge in [0, 0.05) is 0 Å². The average molecular weight is 251 g/mol. The van der Waals surface area contributed by atoms with Crippen molar-refractivity contribution in [3.05, 3.63) is 54.6 Å². The van der Waals surface area contributed by atoms with Gasteiger partial charge in [-0.1, -0.05) is 30.3 Å². The van der Waals surface area contributed by atoms with E-state index >= 15 is 0 Å². The third-order valence-corrected chi connectivity index (χ3v) is 3.64. The van der Waals surface area contributed by atoms with E-state index in [1.807, 2.05) is 0 Å². The number of hydrogen-bond donors (Lipinski definition) is 0. The van der Waals surface area contributed by atoms with Crippen LogP contribution in [0, 0.1) is 0 Å². The summed E-state index contributed by atoms with van der Waals surface area (Å²) in [6, 6.07) is 19.3. The Kier molecular flexibility index (Phi) is 3.08. The molecule has 0 spiro atoms. The van der Waals surface area contributed by atoms with Crippen LogP contribution in [0.1, 0.15) is 13.8 Å². The lowest BCUT2D eigenvalue weighted by Gasteiger charge is -2.02. The number of imidazole rings is 1. The van der Waals surface area contributed by atoms with Gasteiger partial charge in [-0.05, 0) is 38.1 Å². The van der Waals surface area contributed by atoms with Crippen molar-refractivity contribution in [1.82, 2.24) is 4.57 Å². The second-order valence-electron chi connectivity index (χ2n) is 4.67. The van der Waals surface area contributed by atoms with Crippen LogP contribution in [0.25, 0.3) is 22.4 Å². The fraction of sp³-hybridized carbons (Fsp3) is 0.235. The highest BCUT2D eigenvalue weighted by molar-refractivity contribution is 5.76. The van der Waals surface area contributed by atoms with Gasteiger partial charge in [-0.2, -0.15) is 0 Å². The van der Waals surface area contributed by atoms with E-state index in [1.165, 1.54) is 22.4 Å². The maximum absolute atomic E-state index is 2.40. The highest BCUT2D eigenvalue weighted by atomic mass is 15.2. The molecule has 3 rings (SSSR count). The van der Waals surface area contributed by atoms with E-state index in [4.69, 9.17) is 0 Å². The molecular formula is C17H19N2+. The summed E-state index contributed by atoms with van der Waals surface area (Å²) >= 11 is 0. The Hall–Kier alpha value is -2.09. The molecular weight excluding hydrogens is 232 g/mol. The Morgan fingerprint density at radius 2 is 1.58 bits per heavy atom. The molecule has 0 unspecified atom stereocenters. The van der Waals surface area contributed by atoms with E-state index in [9.17, 15) is 0 Å². The van der Waals surface area contributed by atoms with Crippen molar-refractivity contribution in [1.29, 1.82) is 0 Å². The van der Waals surface area contributed by atoms with Crippen molar-refractivity contribution in [2.75, 3.05) is 0 Å². The molecule has 0 fully saturated rings. The van der Waals surface area contributed by atoms with Crippen molar-refractivity contribution in [3.63, 3.8) is 0 Å². The molecule has 0 aliphatic carbocycles. The summed E-state index contributed by atoms with van der Waals surface area (Å²) in [5.74, 6) is 1.30. The van der Waals surface area contributed by atoms with Crippen LogP contribution >= 0.6 is 0 Å². The first-order valence-corrected chi connectivity index (χ1v) is 6.93. The molecule has 0 amide bonds. The number of benzene rings is 2. The molecule has 19 heavy (non-hydrogen) atoms. The van der Waals surface area contributed by atoms with Crippen molar-refractivity contribution >= 4 is 11.0 Å². The van der Waals surface area contributed by atoms with Gasteiger partial charge in [0.05, 0.1) is 18.7 Å². The van der Waals surface area contributed by atoms with Gasteiger partial charge in [0.1, 0.15) is 0 Å². The first-order chi connectivity index (χ1) is 9.36. The SMILES string of the molecule is CCn1c(-c2ccccc2)[n+](CC)c2ccccc21. The van der Waals surface area contributed by atoms with Gasteiger partial charge in [-0.15, -0.1) is 0 Å². The van der Waals surface area contributed by atoms with Gasteiger partial charge < -0.3 is 0 Å². The van der Waals surface area contributed by atoms with E-state index < -0.39 is 0 Å². The lowest BCUT2D eigenvalue weighted by molar-refractivity contribution is -0.657. The van der Waals surface area contributed by atoms with E-state index in [0.717, 1.165) is 13.1 Å². The Balaban J connectivity index is 2.40. The fourth-order valence-corrected chi connectivity index (χ4v) is 2.83. The number of nitrogens with zero attached hydrogens (tertiary/aromatic N) is 2. The van der Waals surface area contributed by atoms with E-state index in [0.29, 0.717) is 0 Å². The highest BCUT2D eigenvalue weighted by Gasteiger charge is 2.23. The molecule has 1 aromatic heterocycles. The Morgan fingerprint density at radius 1 is 0.895 bits per heavy atom. The molecule has 2 heteroatoms. The molecule has 1 heterocycles. The maximum atomic E-state index is 2.40. The van der Waals surface area contributed by atoms with Gasteiger partial charge in [0.15, 0.2) is 11.0 Å². The second-order valence-corrected chi connectivity index (χ2v) is 4.67. The first kappa shape index (κ1) is 12.0. The lowest BCUT2D eigenvalue weighted by atomic mass is 10.2. The molecule has 0 saturated carbocycles. The summed E-state index contributed by atoms with van der Waals surface area (Å²) < 4.78 is 4.79. The van der Waals surface area contributed by atoms with Gasteiger partial charge in [-0.25, -0.2) is 9.13 Å². The topological polar surface area (TPSA) is 8.81 Å². The van der Waals surface area contributed by atoms with E-state index in [2.05, 4.69) is 77.6 Å². The third kappa shape index (κ3) is 1.84. The quantitative estimate of drug-likeness (QED) is 0.628. The highest BCUT2D eigenvalue weighted by Crippen LogP contribution is 2.22. The molecule has 2 aromatic carbocycles. The van der Waals surface area contributed by atoms with Crippen LogP contribution in [0.5, 0.6) is 0 Å². The van der Waals surface area contributed by atoms with Crippen molar-refractivity contribution in [2.45, 2.75) is 26.9 Å². The van der Waals surface area contributed by atoms with Gasteiger partial charge >= 0.3 is 0 Å². The standard InChI is InChI=1S/C17H19N2/c1-3-18-15-12-8-9-13-16(15)19(4-2)17(18)14-10-6-5-7-11-14/h5-13H,3-4H2,1-2H3/q+1. The molecule has 0 aliphatic rings. The minimum absolute atomic E-state index is 0.984. The van der Waals surface area contributed by atoms with Gasteiger partial charge in [-0.3, -0.25) is 0 Å². The number of hydrogen-bond acceptors (Lipinski definition) is 0. The molecule has 0 radical (unpaired) electrons. The van der Waals surface area contributed by atoms with Crippen LogP contribution in [0.15, 0.2) is 54.6 Å². The number of rotatable bonds is 3. The molecule has 0 N–H and O–H groups in total. The second kappa shape index (κ2) is 4.88. The minimum Gasteiger partial charge on any atom is -0.223 e. The molecule has 0 aliphatic heterocycles. The zero-order valence-electron chi connectivity index (χ0n) is 11.5. The first-order valence-electron chi connectivity index (χ1n) is 6.93. The number of para-hydroxylation sites is 2. The van der Waals surface area contributed by atoms with E-state index in [-0.39, 0.29) is 0 Å². The average Bonchev–Trinajstić information content (AvgIpc) is 2.81. The van der Waals surface area contributed by atoms with Crippen molar-refractivity contribution in [2.24, 2.45) is 0 Å². The predicted molar refractivity (Wildman–Crippen MR) is 78.9 cm³/mol. The summed E-state index contributed by atoms with van der Waals surface area (Å²) in [4.78, 5) is 0. The maximum Gasteiger partial charge on any atom is 0.289 e. The minimum atomic E-state index is 0.984. The summed E-state index contributed by atoms with van der Waals surface area (Å²) in [6.45, 7) is 6.38. The smallest absolute Gasteiger partial charge is 0.223 e. The van der Waals surface area contributed by atoms with Crippen LogP contribution in [-0.2, 0) is 13.1 Å². The van der Waals surface area contributed by atoms with Crippen LogP contribution in [0.3, 0.4) is 0 Å². The molecule has 0 atom stereocenters. The molecule has 3 aromatic rings. The normalized spacial score (nSPS) is 11.1. The summed E-state index contributed by atoms with van der Waals surface area (Å²) in [6.07, 6.45) is 0. The number of aromatic nitrogens is 2. The third-order valence-electron chi connectivity index (χ3n) is 3.64. The fourth-order valence-electron chi connectivity index (χ4n) is 2.83. The van der Waals surface area contributed by atoms with Crippen LogP contribution in [0.2, 0.25) is 0 Å². The van der Waals surface area contributed by atoms with Crippen LogP contribution in [-0.4, -0.2) is 4.57 Å². The zero-order chi connectivity index (χ0) is 13.2. The lowest BCUT2D eigenvalue weighted by Crippen LogP contribution is -2.34. The largest absolute Gasteiger partial charge is 0.289 e. The Morgan fingerprint density at radius 3 is 2.26 bits per heavy atom. The molecule has 2 nitrogen and oxygen atoms in total. The monoisotopic (exact) mass is 251 g/mol. The zero-order valence-corrected chi connectivity index (χ0v) is 11.5. The van der Waals surface area contributed by atoms with Gasteiger partial charge in [0.25, 0.3) is 5.82 Å². The Bertz CT molecular complexity index is 655. The molecule has 0 saturated heterocycles. The van der Waals surface area contributed by atoms with E-state index in [1.54, 1.807) is 0 Å². The van der Waals surface area contributed by atoms with Gasteiger partial charge in [0.2, 0.25) is 0 Å². The molecule has 0 bridgehead atoms. The summed E-state index contributed by atoms with van der Waals surface area (Å²) in [5.41, 5.74) is 3.90. The number of aryl methyl sites for hydroxylation is 2. The predicted octanol–water partition coefficient (Wildman–Crippen LogP) is 3.64. The van der Waals surface area contributed by atoms with Crippen LogP contribution in [0.4, 0.5) is 0 Å². The number of fused-ring (bicyclic) bond motifs is 1. The van der Waals surface area contributed by atoms with Crippen LogP contribution < -0.4 is 4.57 Å².